The minimum Gasteiger partial charge on any atom is -0.346 e. The molecule has 0 bridgehead atoms. The summed E-state index contributed by atoms with van der Waals surface area (Å²) in [6.45, 7) is 2.11. The normalized spacial score (nSPS) is 19.3. The van der Waals surface area contributed by atoms with Crippen LogP contribution in [0.1, 0.15) is 57.7 Å². The molecule has 30 heavy (non-hydrogen) atoms. The van der Waals surface area contributed by atoms with Crippen molar-refractivity contribution in [1.29, 1.82) is 0 Å². The Bertz CT molecular complexity index is 1050. The maximum absolute atomic E-state index is 12.7. The van der Waals surface area contributed by atoms with E-state index in [0.717, 1.165) is 5.56 Å². The molecule has 1 saturated heterocycles. The van der Waals surface area contributed by atoms with Crippen molar-refractivity contribution >= 4 is 35.2 Å². The molecule has 0 aromatic heterocycles. The molecule has 2 aromatic carbocycles. The van der Waals surface area contributed by atoms with Crippen molar-refractivity contribution in [2.24, 2.45) is 0 Å². The second-order valence-corrected chi connectivity index (χ2v) is 7.96. The summed E-state index contributed by atoms with van der Waals surface area (Å²) < 4.78 is 0. The van der Waals surface area contributed by atoms with Crippen molar-refractivity contribution in [2.45, 2.75) is 38.4 Å². The van der Waals surface area contributed by atoms with Gasteiger partial charge in [-0.15, -0.1) is 0 Å². The van der Waals surface area contributed by atoms with Gasteiger partial charge < -0.3 is 10.2 Å². The van der Waals surface area contributed by atoms with Crippen LogP contribution in [0, 0.1) is 0 Å². The van der Waals surface area contributed by atoms with E-state index < -0.39 is 11.9 Å². The number of carbonyl (C=O) groups is 4. The van der Waals surface area contributed by atoms with Gasteiger partial charge in [-0.3, -0.25) is 24.5 Å². The molecule has 0 saturated carbocycles. The molecule has 0 spiro atoms. The first-order valence-electron chi connectivity index (χ1n) is 9.67. The SMILES string of the molecule is CC(NC(=O)c1ccc2c(c1)CN(C1CCC(=O)NC1=O)C2=O)c1ccc(Cl)cc1. The first-order chi connectivity index (χ1) is 14.3. The highest BCUT2D eigenvalue weighted by Crippen LogP contribution is 2.28. The zero-order valence-corrected chi connectivity index (χ0v) is 17.0. The number of halogens is 1. The van der Waals surface area contributed by atoms with Crippen molar-refractivity contribution in [3.63, 3.8) is 0 Å². The van der Waals surface area contributed by atoms with Crippen LogP contribution in [0.15, 0.2) is 42.5 Å². The monoisotopic (exact) mass is 425 g/mol. The van der Waals surface area contributed by atoms with E-state index in [1.165, 1.54) is 4.90 Å². The smallest absolute Gasteiger partial charge is 0.255 e. The Morgan fingerprint density at radius 3 is 2.60 bits per heavy atom. The molecule has 2 aliphatic heterocycles. The van der Waals surface area contributed by atoms with Crippen LogP contribution in [0.4, 0.5) is 0 Å². The van der Waals surface area contributed by atoms with Gasteiger partial charge in [-0.05, 0) is 54.8 Å². The lowest BCUT2D eigenvalue weighted by Crippen LogP contribution is -2.52. The Balaban J connectivity index is 1.48. The zero-order chi connectivity index (χ0) is 21.4. The number of benzene rings is 2. The minimum absolute atomic E-state index is 0.201. The first kappa shape index (κ1) is 20.1. The van der Waals surface area contributed by atoms with E-state index in [1.807, 2.05) is 19.1 Å². The first-order valence-corrected chi connectivity index (χ1v) is 10.0. The summed E-state index contributed by atoms with van der Waals surface area (Å²) in [5, 5.41) is 5.84. The molecule has 7 nitrogen and oxygen atoms in total. The third kappa shape index (κ3) is 3.80. The molecule has 2 N–H and O–H groups in total. The van der Waals surface area contributed by atoms with Gasteiger partial charge in [-0.25, -0.2) is 0 Å². The fourth-order valence-electron chi connectivity index (χ4n) is 3.83. The molecule has 0 aliphatic carbocycles. The third-order valence-electron chi connectivity index (χ3n) is 5.50. The van der Waals surface area contributed by atoms with Crippen LogP contribution in [0.3, 0.4) is 0 Å². The van der Waals surface area contributed by atoms with Crippen molar-refractivity contribution in [2.75, 3.05) is 0 Å². The van der Waals surface area contributed by atoms with Gasteiger partial charge in [0.15, 0.2) is 0 Å². The number of nitrogens with zero attached hydrogens (tertiary/aromatic N) is 1. The lowest BCUT2D eigenvalue weighted by molar-refractivity contribution is -0.136. The van der Waals surface area contributed by atoms with E-state index in [-0.39, 0.29) is 36.7 Å². The molecule has 2 atom stereocenters. The van der Waals surface area contributed by atoms with Gasteiger partial charge >= 0.3 is 0 Å². The number of rotatable bonds is 4. The fraction of sp³-hybridized carbons (Fsp3) is 0.273. The molecular weight excluding hydrogens is 406 g/mol. The van der Waals surface area contributed by atoms with Gasteiger partial charge in [0.05, 0.1) is 6.04 Å². The maximum atomic E-state index is 12.7. The predicted octanol–water partition coefficient (Wildman–Crippen LogP) is 2.59. The number of carbonyl (C=O) groups excluding carboxylic acids is 4. The average Bonchev–Trinajstić information content (AvgIpc) is 3.04. The van der Waals surface area contributed by atoms with Crippen LogP contribution in [-0.2, 0) is 16.1 Å². The van der Waals surface area contributed by atoms with E-state index in [1.54, 1.807) is 30.3 Å². The Morgan fingerprint density at radius 2 is 1.90 bits per heavy atom. The van der Waals surface area contributed by atoms with Crippen molar-refractivity contribution in [3.8, 4) is 0 Å². The third-order valence-corrected chi connectivity index (χ3v) is 5.76. The van der Waals surface area contributed by atoms with Crippen LogP contribution in [0.5, 0.6) is 0 Å². The van der Waals surface area contributed by atoms with Gasteiger partial charge in [-0.1, -0.05) is 23.7 Å². The standard InChI is InChI=1S/C22H20ClN3O4/c1-12(13-2-5-16(23)6-3-13)24-20(28)14-4-7-17-15(10-14)11-26(22(17)30)18-8-9-19(27)25-21(18)29/h2-7,10,12,18H,8-9,11H2,1H3,(H,24,28)(H,25,27,29). The van der Waals surface area contributed by atoms with E-state index in [4.69, 9.17) is 11.6 Å². The molecular formula is C22H20ClN3O4. The Kier molecular flexibility index (Phi) is 5.30. The maximum Gasteiger partial charge on any atom is 0.255 e. The topological polar surface area (TPSA) is 95.6 Å². The highest BCUT2D eigenvalue weighted by Gasteiger charge is 2.39. The van der Waals surface area contributed by atoms with Crippen LogP contribution >= 0.6 is 11.6 Å². The van der Waals surface area contributed by atoms with Gasteiger partial charge in [0.25, 0.3) is 11.8 Å². The van der Waals surface area contributed by atoms with E-state index >= 15 is 0 Å². The fourth-order valence-corrected chi connectivity index (χ4v) is 3.96. The Labute approximate surface area is 178 Å². The van der Waals surface area contributed by atoms with E-state index in [9.17, 15) is 19.2 Å². The lowest BCUT2D eigenvalue weighted by atomic mass is 10.0. The highest BCUT2D eigenvalue weighted by atomic mass is 35.5. The molecule has 4 rings (SSSR count). The predicted molar refractivity (Wildman–Crippen MR) is 110 cm³/mol. The number of hydrogen-bond donors (Lipinski definition) is 2. The number of amides is 4. The zero-order valence-electron chi connectivity index (χ0n) is 16.3. The quantitative estimate of drug-likeness (QED) is 0.736. The highest BCUT2D eigenvalue weighted by molar-refractivity contribution is 6.30. The van der Waals surface area contributed by atoms with Crippen molar-refractivity contribution in [1.82, 2.24) is 15.5 Å². The van der Waals surface area contributed by atoms with Gasteiger partial charge in [0, 0.05) is 29.1 Å². The summed E-state index contributed by atoms with van der Waals surface area (Å²) in [6, 6.07) is 11.3. The van der Waals surface area contributed by atoms with Crippen LogP contribution in [0.2, 0.25) is 5.02 Å². The number of piperidine rings is 1. The largest absolute Gasteiger partial charge is 0.346 e. The van der Waals surface area contributed by atoms with Crippen molar-refractivity contribution < 1.29 is 19.2 Å². The summed E-state index contributed by atoms with van der Waals surface area (Å²) in [4.78, 5) is 50.4. The summed E-state index contributed by atoms with van der Waals surface area (Å²) in [6.07, 6.45) is 0.503. The number of nitrogens with one attached hydrogen (secondary N) is 2. The number of imide groups is 1. The molecule has 1 fully saturated rings. The van der Waals surface area contributed by atoms with Crippen molar-refractivity contribution in [3.05, 3.63) is 69.7 Å². The van der Waals surface area contributed by atoms with Gasteiger partial charge in [0.2, 0.25) is 11.8 Å². The van der Waals surface area contributed by atoms with Crippen LogP contribution in [-0.4, -0.2) is 34.6 Å². The summed E-state index contributed by atoms with van der Waals surface area (Å²) >= 11 is 5.91. The molecule has 2 aromatic rings. The number of fused-ring (bicyclic) bond motifs is 1. The van der Waals surface area contributed by atoms with Crippen LogP contribution < -0.4 is 10.6 Å². The summed E-state index contributed by atoms with van der Waals surface area (Å²) in [5.74, 6) is -1.30. The molecule has 154 valence electrons. The second kappa shape index (κ2) is 7.91. The Hall–Kier alpha value is -3.19. The summed E-state index contributed by atoms with van der Waals surface area (Å²) in [7, 11) is 0. The minimum atomic E-state index is -0.676. The van der Waals surface area contributed by atoms with Gasteiger partial charge in [0.1, 0.15) is 6.04 Å². The molecule has 2 heterocycles. The molecule has 2 aliphatic rings. The number of hydrogen-bond acceptors (Lipinski definition) is 4. The van der Waals surface area contributed by atoms with E-state index in [2.05, 4.69) is 10.6 Å². The molecule has 0 radical (unpaired) electrons. The summed E-state index contributed by atoms with van der Waals surface area (Å²) in [5.41, 5.74) is 2.53. The van der Waals surface area contributed by atoms with Gasteiger partial charge in [-0.2, -0.15) is 0 Å². The Morgan fingerprint density at radius 1 is 1.17 bits per heavy atom. The van der Waals surface area contributed by atoms with Crippen LogP contribution in [0.25, 0.3) is 0 Å². The van der Waals surface area contributed by atoms with E-state index in [0.29, 0.717) is 28.1 Å². The molecule has 4 amide bonds. The molecule has 8 heteroatoms. The lowest BCUT2D eigenvalue weighted by Gasteiger charge is -2.29. The second-order valence-electron chi connectivity index (χ2n) is 7.52. The average molecular weight is 426 g/mol. The molecule has 2 unspecified atom stereocenters.